The first-order valence-corrected chi connectivity index (χ1v) is 9.39. The van der Waals surface area contributed by atoms with E-state index in [4.69, 9.17) is 9.47 Å². The lowest BCUT2D eigenvalue weighted by Crippen LogP contribution is -2.27. The van der Waals surface area contributed by atoms with Crippen molar-refractivity contribution < 1.29 is 15.7 Å². The zero-order valence-corrected chi connectivity index (χ0v) is 15.5. The summed E-state index contributed by atoms with van der Waals surface area (Å²) in [5.41, 5.74) is 3.65. The molecule has 5 nitrogen and oxygen atoms in total. The van der Waals surface area contributed by atoms with E-state index in [0.717, 1.165) is 46.5 Å². The number of carbonyl (C=O) groups is 1. The van der Waals surface area contributed by atoms with Gasteiger partial charge < -0.3 is 19.8 Å². The summed E-state index contributed by atoms with van der Waals surface area (Å²) < 4.78 is 10.8. The maximum absolute atomic E-state index is 13.1. The summed E-state index contributed by atoms with van der Waals surface area (Å²) in [6, 6.07) is 14.0. The molecule has 2 heterocycles. The third-order valence-corrected chi connectivity index (χ3v) is 5.63. The molecule has 3 aromatic rings. The Kier molecular flexibility index (Phi) is 3.47. The van der Waals surface area contributed by atoms with Crippen LogP contribution in [0.25, 0.3) is 10.9 Å². The molecule has 1 saturated carbocycles. The van der Waals surface area contributed by atoms with E-state index < -0.39 is 5.41 Å². The first-order valence-electron chi connectivity index (χ1n) is 9.39. The summed E-state index contributed by atoms with van der Waals surface area (Å²) in [6.45, 7) is 4.57. The van der Waals surface area contributed by atoms with Gasteiger partial charge in [-0.2, -0.15) is 0 Å². The van der Waals surface area contributed by atoms with Gasteiger partial charge in [0, 0.05) is 23.7 Å². The van der Waals surface area contributed by atoms with Crippen molar-refractivity contribution in [2.45, 2.75) is 38.0 Å². The minimum atomic E-state index is -0.461. The van der Waals surface area contributed by atoms with E-state index >= 15 is 0 Å². The number of H-pyrrole nitrogens is 1. The lowest BCUT2D eigenvalue weighted by molar-refractivity contribution is -0.118. The predicted molar refractivity (Wildman–Crippen MR) is 107 cm³/mol. The van der Waals surface area contributed by atoms with Gasteiger partial charge in [-0.05, 0) is 60.7 Å². The van der Waals surface area contributed by atoms with Crippen LogP contribution < -0.4 is 14.8 Å². The third kappa shape index (κ3) is 2.65. The number of benzene rings is 2. The van der Waals surface area contributed by atoms with Crippen molar-refractivity contribution in [3.05, 3.63) is 53.7 Å². The van der Waals surface area contributed by atoms with Crippen LogP contribution in [0.4, 0.5) is 5.69 Å². The van der Waals surface area contributed by atoms with E-state index in [9.17, 15) is 4.79 Å². The number of aromatic nitrogens is 1. The van der Waals surface area contributed by atoms with Crippen molar-refractivity contribution in [3.8, 4) is 11.5 Å². The second-order valence-electron chi connectivity index (χ2n) is 7.79. The number of hydrogen-bond acceptors (Lipinski definition) is 3. The van der Waals surface area contributed by atoms with Gasteiger partial charge >= 0.3 is 0 Å². The Morgan fingerprint density at radius 2 is 1.93 bits per heavy atom. The lowest BCUT2D eigenvalue weighted by atomic mass is 9.94. The number of carbonyl (C=O) groups excluding carboxylic acids is 1. The molecular weight excluding hydrogens is 340 g/mol. The van der Waals surface area contributed by atoms with Crippen LogP contribution in [-0.4, -0.2) is 17.7 Å². The van der Waals surface area contributed by atoms with Gasteiger partial charge in [-0.25, -0.2) is 0 Å². The van der Waals surface area contributed by atoms with Gasteiger partial charge in [0.25, 0.3) is 0 Å². The zero-order chi connectivity index (χ0) is 18.6. The molecule has 1 aliphatic heterocycles. The molecule has 5 heteroatoms. The molecule has 1 amide bonds. The Hall–Kier alpha value is -2.95. The Morgan fingerprint density at radius 1 is 1.11 bits per heavy atom. The van der Waals surface area contributed by atoms with Crippen molar-refractivity contribution in [2.75, 3.05) is 12.1 Å². The number of amides is 1. The second-order valence-corrected chi connectivity index (χ2v) is 7.79. The minimum absolute atomic E-state index is 0. The van der Waals surface area contributed by atoms with Gasteiger partial charge in [0.15, 0.2) is 11.5 Å². The fourth-order valence-corrected chi connectivity index (χ4v) is 3.76. The zero-order valence-electron chi connectivity index (χ0n) is 15.5. The Morgan fingerprint density at radius 3 is 2.70 bits per heavy atom. The molecular formula is C22H24N2O3. The second kappa shape index (κ2) is 5.78. The summed E-state index contributed by atoms with van der Waals surface area (Å²) in [4.78, 5) is 16.5. The number of anilines is 1. The highest BCUT2D eigenvalue weighted by Gasteiger charge is 2.51. The molecule has 0 saturated heterocycles. The Bertz CT molecular complexity index is 1050. The number of rotatable bonds is 4. The summed E-state index contributed by atoms with van der Waals surface area (Å²) in [5, 5.41) is 4.23. The molecule has 2 aliphatic rings. The highest BCUT2D eigenvalue weighted by Crippen LogP contribution is 2.51. The number of hydrogen-bond donors (Lipinski definition) is 2. The molecule has 5 rings (SSSR count). The number of aromatic amines is 1. The van der Waals surface area contributed by atoms with Gasteiger partial charge in [0.1, 0.15) is 0 Å². The van der Waals surface area contributed by atoms with E-state index in [0.29, 0.717) is 5.92 Å². The SMILES string of the molecule is CC(C)c1cc2cc(NC(=O)C3(c4ccc5c(c4)OCO5)CC3)ccc2[nH]1.[HH]. The molecule has 0 atom stereocenters. The maximum atomic E-state index is 13.1. The Balaban J connectivity index is 0.00000192. The summed E-state index contributed by atoms with van der Waals surface area (Å²) in [7, 11) is 0. The van der Waals surface area contributed by atoms with Gasteiger partial charge in [0.2, 0.25) is 12.7 Å². The van der Waals surface area contributed by atoms with Crippen LogP contribution in [0.3, 0.4) is 0 Å². The van der Waals surface area contributed by atoms with Crippen LogP contribution in [0.15, 0.2) is 42.5 Å². The third-order valence-electron chi connectivity index (χ3n) is 5.63. The number of fused-ring (bicyclic) bond motifs is 2. The average molecular weight is 364 g/mol. The van der Waals surface area contributed by atoms with E-state index in [1.54, 1.807) is 0 Å². The van der Waals surface area contributed by atoms with Crippen LogP contribution in [0.1, 0.15) is 45.3 Å². The lowest BCUT2D eigenvalue weighted by Gasteiger charge is -2.16. The average Bonchev–Trinajstić information content (AvgIpc) is 3.14. The quantitative estimate of drug-likeness (QED) is 0.689. The van der Waals surface area contributed by atoms with Gasteiger partial charge in [-0.3, -0.25) is 4.79 Å². The minimum Gasteiger partial charge on any atom is -0.454 e. The number of nitrogens with one attached hydrogen (secondary N) is 2. The predicted octanol–water partition coefficient (Wildman–Crippen LogP) is 4.94. The standard InChI is InChI=1S/C22H22N2O3.H2/c1-13(2)18-10-14-9-16(4-5-17(14)24-18)23-21(25)22(7-8-22)15-3-6-19-20(11-15)27-12-26-19;/h3-6,9-11,13,24H,7-8,12H2,1-2H3,(H,23,25);1H. The fraction of sp³-hybridized carbons (Fsp3) is 0.318. The van der Waals surface area contributed by atoms with Crippen molar-refractivity contribution in [3.63, 3.8) is 0 Å². The molecule has 0 unspecified atom stereocenters. The van der Waals surface area contributed by atoms with Crippen molar-refractivity contribution >= 4 is 22.5 Å². The van der Waals surface area contributed by atoms with E-state index in [1.807, 2.05) is 36.4 Å². The first-order chi connectivity index (χ1) is 13.0. The molecule has 140 valence electrons. The van der Waals surface area contributed by atoms with Crippen LogP contribution >= 0.6 is 0 Å². The van der Waals surface area contributed by atoms with Crippen molar-refractivity contribution in [2.24, 2.45) is 0 Å². The van der Waals surface area contributed by atoms with Crippen LogP contribution in [0.2, 0.25) is 0 Å². The molecule has 1 fully saturated rings. The highest BCUT2D eigenvalue weighted by atomic mass is 16.7. The van der Waals surface area contributed by atoms with Crippen LogP contribution in [0.5, 0.6) is 11.5 Å². The molecule has 2 aromatic carbocycles. The Labute approximate surface area is 159 Å². The summed E-state index contributed by atoms with van der Waals surface area (Å²) in [5.74, 6) is 1.95. The van der Waals surface area contributed by atoms with Crippen molar-refractivity contribution in [1.82, 2.24) is 4.98 Å². The van der Waals surface area contributed by atoms with Gasteiger partial charge in [-0.15, -0.1) is 0 Å². The van der Waals surface area contributed by atoms with E-state index in [1.165, 1.54) is 5.69 Å². The van der Waals surface area contributed by atoms with Crippen LogP contribution in [-0.2, 0) is 10.2 Å². The topological polar surface area (TPSA) is 63.4 Å². The van der Waals surface area contributed by atoms with Crippen molar-refractivity contribution in [1.29, 1.82) is 0 Å². The normalized spacial score (nSPS) is 16.7. The summed E-state index contributed by atoms with van der Waals surface area (Å²) >= 11 is 0. The highest BCUT2D eigenvalue weighted by molar-refractivity contribution is 6.02. The van der Waals surface area contributed by atoms with E-state index in [-0.39, 0.29) is 14.1 Å². The molecule has 1 aromatic heterocycles. The van der Waals surface area contributed by atoms with Crippen LogP contribution in [0, 0.1) is 0 Å². The van der Waals surface area contributed by atoms with E-state index in [2.05, 4.69) is 30.2 Å². The smallest absolute Gasteiger partial charge is 0.235 e. The van der Waals surface area contributed by atoms with Gasteiger partial charge in [0.05, 0.1) is 5.41 Å². The summed E-state index contributed by atoms with van der Waals surface area (Å²) in [6.07, 6.45) is 1.70. The largest absolute Gasteiger partial charge is 0.454 e. The maximum Gasteiger partial charge on any atom is 0.235 e. The molecule has 27 heavy (non-hydrogen) atoms. The number of ether oxygens (including phenoxy) is 2. The molecule has 1 aliphatic carbocycles. The molecule has 0 bridgehead atoms. The molecule has 0 radical (unpaired) electrons. The monoisotopic (exact) mass is 364 g/mol. The molecule has 2 N–H and O–H groups in total. The first kappa shape index (κ1) is 16.2. The molecule has 0 spiro atoms. The fourth-order valence-electron chi connectivity index (χ4n) is 3.76. The van der Waals surface area contributed by atoms with Gasteiger partial charge in [-0.1, -0.05) is 19.9 Å².